The van der Waals surface area contributed by atoms with Crippen molar-refractivity contribution in [2.45, 2.75) is 46.4 Å². The van der Waals surface area contributed by atoms with Gasteiger partial charge in [-0.25, -0.2) is 4.79 Å². The number of rotatable bonds is 8. The maximum Gasteiger partial charge on any atom is 0.315 e. The lowest BCUT2D eigenvalue weighted by atomic mass is 9.87. The van der Waals surface area contributed by atoms with E-state index in [0.717, 1.165) is 12.1 Å². The van der Waals surface area contributed by atoms with Crippen molar-refractivity contribution in [2.75, 3.05) is 20.6 Å². The molecule has 2 amide bonds. The van der Waals surface area contributed by atoms with Gasteiger partial charge in [-0.3, -0.25) is 0 Å². The van der Waals surface area contributed by atoms with Gasteiger partial charge in [0.05, 0.1) is 6.10 Å². The fourth-order valence-electron chi connectivity index (χ4n) is 2.65. The molecule has 0 aliphatic heterocycles. The molecule has 1 aromatic carbocycles. The van der Waals surface area contributed by atoms with Crippen LogP contribution in [-0.4, -0.2) is 42.8 Å². The molecule has 0 saturated heterocycles. The van der Waals surface area contributed by atoms with Gasteiger partial charge in [-0.1, -0.05) is 38.1 Å². The van der Waals surface area contributed by atoms with Crippen LogP contribution in [0.25, 0.3) is 0 Å². The van der Waals surface area contributed by atoms with Gasteiger partial charge in [-0.05, 0) is 44.0 Å². The molecule has 0 aliphatic rings. The summed E-state index contributed by atoms with van der Waals surface area (Å²) in [7, 11) is 4.06. The number of carbonyl (C=O) groups is 1. The number of urea groups is 1. The van der Waals surface area contributed by atoms with Crippen molar-refractivity contribution < 1.29 is 9.90 Å². The molecule has 3 N–H and O–H groups in total. The number of nitrogens with one attached hydrogen (secondary N) is 2. The first kappa shape index (κ1) is 19.5. The molecule has 1 aromatic rings. The van der Waals surface area contributed by atoms with E-state index in [0.29, 0.717) is 19.5 Å². The van der Waals surface area contributed by atoms with Crippen molar-refractivity contribution in [1.29, 1.82) is 0 Å². The molecule has 0 bridgehead atoms. The predicted octanol–water partition coefficient (Wildman–Crippen LogP) is 2.34. The molecule has 1 rings (SSSR count). The van der Waals surface area contributed by atoms with Crippen LogP contribution in [0, 0.1) is 5.41 Å². The van der Waals surface area contributed by atoms with Crippen molar-refractivity contribution in [3.63, 3.8) is 0 Å². The summed E-state index contributed by atoms with van der Waals surface area (Å²) in [6.07, 6.45) is 0.284. The summed E-state index contributed by atoms with van der Waals surface area (Å²) >= 11 is 0. The number of hydrogen-bond acceptors (Lipinski definition) is 3. The fraction of sp³-hybridized carbons (Fsp3) is 0.611. The van der Waals surface area contributed by atoms with Crippen molar-refractivity contribution >= 4 is 6.03 Å². The lowest BCUT2D eigenvalue weighted by Gasteiger charge is -2.26. The van der Waals surface area contributed by atoms with E-state index in [1.54, 1.807) is 6.92 Å². The summed E-state index contributed by atoms with van der Waals surface area (Å²) in [6, 6.07) is 7.95. The second kappa shape index (κ2) is 8.89. The first-order valence-electron chi connectivity index (χ1n) is 8.11. The molecule has 0 spiro atoms. The third-order valence-electron chi connectivity index (χ3n) is 3.62. The topological polar surface area (TPSA) is 64.6 Å². The van der Waals surface area contributed by atoms with E-state index < -0.39 is 0 Å². The predicted molar refractivity (Wildman–Crippen MR) is 94.2 cm³/mol. The Bertz CT molecular complexity index is 499. The zero-order valence-corrected chi connectivity index (χ0v) is 15.0. The Balaban J connectivity index is 2.48. The molecule has 1 unspecified atom stereocenters. The van der Waals surface area contributed by atoms with E-state index in [2.05, 4.69) is 21.6 Å². The van der Waals surface area contributed by atoms with Crippen molar-refractivity contribution in [1.82, 2.24) is 15.5 Å². The Kier molecular flexibility index (Phi) is 7.52. The van der Waals surface area contributed by atoms with Crippen LogP contribution in [0.5, 0.6) is 0 Å². The zero-order chi connectivity index (χ0) is 17.5. The van der Waals surface area contributed by atoms with E-state index >= 15 is 0 Å². The van der Waals surface area contributed by atoms with Crippen LogP contribution >= 0.6 is 0 Å². The average molecular weight is 321 g/mol. The summed E-state index contributed by atoms with van der Waals surface area (Å²) in [6.45, 7) is 7.72. The highest BCUT2D eigenvalue weighted by Gasteiger charge is 2.21. The van der Waals surface area contributed by atoms with E-state index in [1.807, 2.05) is 46.1 Å². The molecule has 0 heterocycles. The Morgan fingerprint density at radius 1 is 1.22 bits per heavy atom. The van der Waals surface area contributed by atoms with E-state index in [4.69, 9.17) is 0 Å². The largest absolute Gasteiger partial charge is 0.393 e. The Morgan fingerprint density at radius 3 is 2.39 bits per heavy atom. The minimum Gasteiger partial charge on any atom is -0.393 e. The van der Waals surface area contributed by atoms with Gasteiger partial charge in [-0.2, -0.15) is 0 Å². The monoisotopic (exact) mass is 321 g/mol. The molecule has 5 heteroatoms. The number of hydrogen-bond donors (Lipinski definition) is 3. The van der Waals surface area contributed by atoms with Gasteiger partial charge in [0.15, 0.2) is 0 Å². The minimum absolute atomic E-state index is 0.131. The molecular formula is C18H31N3O2. The molecule has 0 fully saturated rings. The van der Waals surface area contributed by atoms with E-state index in [1.165, 1.54) is 5.56 Å². The molecule has 1 atom stereocenters. The van der Waals surface area contributed by atoms with Gasteiger partial charge < -0.3 is 20.6 Å². The Morgan fingerprint density at radius 2 is 1.83 bits per heavy atom. The Labute approximate surface area is 140 Å². The molecule has 5 nitrogen and oxygen atoms in total. The highest BCUT2D eigenvalue weighted by atomic mass is 16.3. The number of aliphatic hydroxyl groups is 1. The normalized spacial score (nSPS) is 13.0. The van der Waals surface area contributed by atoms with Crippen molar-refractivity contribution in [3.8, 4) is 0 Å². The number of aliphatic hydroxyl groups excluding tert-OH is 1. The van der Waals surface area contributed by atoms with Crippen LogP contribution in [0.1, 0.15) is 38.3 Å². The molecule has 0 aliphatic carbocycles. The smallest absolute Gasteiger partial charge is 0.315 e. The van der Waals surface area contributed by atoms with Gasteiger partial charge >= 0.3 is 6.03 Å². The highest BCUT2D eigenvalue weighted by molar-refractivity contribution is 5.73. The summed E-state index contributed by atoms with van der Waals surface area (Å²) in [5.41, 5.74) is 2.21. The number of nitrogens with zero attached hydrogens (tertiary/aromatic N) is 1. The summed E-state index contributed by atoms with van der Waals surface area (Å²) < 4.78 is 0. The van der Waals surface area contributed by atoms with Gasteiger partial charge in [0.1, 0.15) is 0 Å². The van der Waals surface area contributed by atoms with Crippen LogP contribution in [0.4, 0.5) is 4.79 Å². The molecule has 0 saturated carbocycles. The molecule has 0 radical (unpaired) electrons. The molecule has 0 aromatic heterocycles. The van der Waals surface area contributed by atoms with Gasteiger partial charge in [-0.15, -0.1) is 0 Å². The van der Waals surface area contributed by atoms with Crippen molar-refractivity contribution in [2.24, 2.45) is 5.41 Å². The average Bonchev–Trinajstić information content (AvgIpc) is 2.42. The van der Waals surface area contributed by atoms with Gasteiger partial charge in [0, 0.05) is 19.6 Å². The first-order chi connectivity index (χ1) is 10.7. The zero-order valence-electron chi connectivity index (χ0n) is 15.0. The second-order valence-electron chi connectivity index (χ2n) is 7.26. The standard InChI is InChI=1S/C18H31N3O2/c1-14(22)10-18(2,3)13-20-17(23)19-11-15-8-6-7-9-16(15)12-21(4)5/h6-9,14,22H,10-13H2,1-5H3,(H2,19,20,23). The minimum atomic E-state index is -0.368. The van der Waals surface area contributed by atoms with Crippen LogP contribution in [-0.2, 0) is 13.1 Å². The third-order valence-corrected chi connectivity index (χ3v) is 3.62. The highest BCUT2D eigenvalue weighted by Crippen LogP contribution is 2.20. The van der Waals surface area contributed by atoms with Crippen molar-refractivity contribution in [3.05, 3.63) is 35.4 Å². The molecule has 130 valence electrons. The van der Waals surface area contributed by atoms with E-state index in [9.17, 15) is 9.90 Å². The number of amides is 2. The third kappa shape index (κ3) is 8.00. The summed E-state index contributed by atoms with van der Waals surface area (Å²) in [5, 5.41) is 15.3. The first-order valence-corrected chi connectivity index (χ1v) is 8.11. The van der Waals surface area contributed by atoms with Crippen LogP contribution in [0.2, 0.25) is 0 Å². The van der Waals surface area contributed by atoms with Gasteiger partial charge in [0.2, 0.25) is 0 Å². The van der Waals surface area contributed by atoms with Gasteiger partial charge in [0.25, 0.3) is 0 Å². The Hall–Kier alpha value is -1.59. The fourth-order valence-corrected chi connectivity index (χ4v) is 2.65. The molecular weight excluding hydrogens is 290 g/mol. The van der Waals surface area contributed by atoms with E-state index in [-0.39, 0.29) is 17.6 Å². The molecule has 23 heavy (non-hydrogen) atoms. The quantitative estimate of drug-likeness (QED) is 0.688. The summed E-state index contributed by atoms with van der Waals surface area (Å²) in [5.74, 6) is 0. The summed E-state index contributed by atoms with van der Waals surface area (Å²) in [4.78, 5) is 14.1. The van der Waals surface area contributed by atoms with Crippen LogP contribution in [0.15, 0.2) is 24.3 Å². The van der Waals surface area contributed by atoms with Crippen LogP contribution in [0.3, 0.4) is 0 Å². The second-order valence-corrected chi connectivity index (χ2v) is 7.26. The number of carbonyl (C=O) groups excluding carboxylic acids is 1. The maximum atomic E-state index is 12.0. The van der Waals surface area contributed by atoms with Crippen LogP contribution < -0.4 is 10.6 Å². The lowest BCUT2D eigenvalue weighted by Crippen LogP contribution is -2.41. The number of benzene rings is 1. The lowest BCUT2D eigenvalue weighted by molar-refractivity contribution is 0.129. The maximum absolute atomic E-state index is 12.0. The SMILES string of the molecule is CC(O)CC(C)(C)CNC(=O)NCc1ccccc1CN(C)C.